The monoisotopic (exact) mass is 452 g/mol. The van der Waals surface area contributed by atoms with Gasteiger partial charge in [0, 0.05) is 50.2 Å². The van der Waals surface area contributed by atoms with Crippen molar-refractivity contribution in [1.29, 1.82) is 0 Å². The molecule has 2 fully saturated rings. The molecule has 4 heterocycles. The number of aromatic nitrogens is 3. The van der Waals surface area contributed by atoms with Crippen molar-refractivity contribution in [1.82, 2.24) is 19.6 Å². The zero-order chi connectivity index (χ0) is 22.9. The van der Waals surface area contributed by atoms with Gasteiger partial charge in [0.25, 0.3) is 5.91 Å². The van der Waals surface area contributed by atoms with Crippen molar-refractivity contribution in [3.05, 3.63) is 70.4 Å². The molecule has 8 heteroatoms. The minimum absolute atomic E-state index is 0.0279. The Bertz CT molecular complexity index is 1130. The van der Waals surface area contributed by atoms with Crippen molar-refractivity contribution in [2.45, 2.75) is 51.5 Å². The van der Waals surface area contributed by atoms with Crippen molar-refractivity contribution in [3.63, 3.8) is 0 Å². The summed E-state index contributed by atoms with van der Waals surface area (Å²) in [5.41, 5.74) is 3.64. The lowest BCUT2D eigenvalue weighted by Crippen LogP contribution is -2.29. The fourth-order valence-electron chi connectivity index (χ4n) is 4.88. The standard InChI is InChI=1S/C25H29FN4O3/c1-16-13-22(17(2)30(16)14-18-3-5-21(26)6-4-18)25(31)29-10-7-20(15-29)24-27-23(28-33-24)19-8-11-32-12-9-19/h3-6,13,19-20H,7-12,14-15H2,1-2H3. The fourth-order valence-corrected chi connectivity index (χ4v) is 4.88. The lowest BCUT2D eigenvalue weighted by atomic mass is 10.00. The highest BCUT2D eigenvalue weighted by molar-refractivity contribution is 5.96. The van der Waals surface area contributed by atoms with Gasteiger partial charge in [-0.25, -0.2) is 4.39 Å². The maximum absolute atomic E-state index is 13.3. The summed E-state index contributed by atoms with van der Waals surface area (Å²) in [5, 5.41) is 4.21. The third-order valence-corrected chi connectivity index (χ3v) is 6.93. The molecule has 2 aromatic heterocycles. The van der Waals surface area contributed by atoms with E-state index in [-0.39, 0.29) is 17.6 Å². The first-order valence-corrected chi connectivity index (χ1v) is 11.6. The molecule has 1 aromatic carbocycles. The second-order valence-corrected chi connectivity index (χ2v) is 9.11. The predicted molar refractivity (Wildman–Crippen MR) is 120 cm³/mol. The molecule has 0 saturated carbocycles. The molecule has 2 saturated heterocycles. The highest BCUT2D eigenvalue weighted by Gasteiger charge is 2.33. The van der Waals surface area contributed by atoms with Crippen LogP contribution in [0.3, 0.4) is 0 Å². The number of amides is 1. The van der Waals surface area contributed by atoms with Gasteiger partial charge in [0.2, 0.25) is 5.89 Å². The SMILES string of the molecule is Cc1cc(C(=O)N2CCC(c3nc(C4CCOCC4)no3)C2)c(C)n1Cc1ccc(F)cc1. The Labute approximate surface area is 192 Å². The number of nitrogens with zero attached hydrogens (tertiary/aromatic N) is 4. The number of carbonyl (C=O) groups excluding carboxylic acids is 1. The third kappa shape index (κ3) is 4.44. The fraction of sp³-hybridized carbons (Fsp3) is 0.480. The van der Waals surface area contributed by atoms with E-state index in [0.29, 0.717) is 37.0 Å². The number of halogens is 1. The number of hydrogen-bond acceptors (Lipinski definition) is 5. The van der Waals surface area contributed by atoms with Gasteiger partial charge in [-0.3, -0.25) is 4.79 Å². The van der Waals surface area contributed by atoms with Crippen molar-refractivity contribution in [2.75, 3.05) is 26.3 Å². The summed E-state index contributed by atoms with van der Waals surface area (Å²) in [4.78, 5) is 19.9. The first kappa shape index (κ1) is 21.8. The van der Waals surface area contributed by atoms with Crippen LogP contribution in [0.1, 0.15) is 70.1 Å². The summed E-state index contributed by atoms with van der Waals surface area (Å²) in [6, 6.07) is 8.43. The van der Waals surface area contributed by atoms with Crippen molar-refractivity contribution in [2.24, 2.45) is 0 Å². The Morgan fingerprint density at radius 2 is 1.88 bits per heavy atom. The lowest BCUT2D eigenvalue weighted by molar-refractivity contribution is 0.0788. The summed E-state index contributed by atoms with van der Waals surface area (Å²) in [6.45, 7) is 7.28. The van der Waals surface area contributed by atoms with E-state index < -0.39 is 0 Å². The van der Waals surface area contributed by atoms with Crippen LogP contribution in [0.5, 0.6) is 0 Å². The van der Waals surface area contributed by atoms with Crippen molar-refractivity contribution in [3.8, 4) is 0 Å². The number of likely N-dealkylation sites (tertiary alicyclic amines) is 1. The van der Waals surface area contributed by atoms with E-state index in [0.717, 1.165) is 55.3 Å². The van der Waals surface area contributed by atoms with Gasteiger partial charge >= 0.3 is 0 Å². The first-order valence-electron chi connectivity index (χ1n) is 11.6. The van der Waals surface area contributed by atoms with E-state index in [1.807, 2.05) is 24.8 Å². The molecule has 1 atom stereocenters. The zero-order valence-electron chi connectivity index (χ0n) is 19.1. The Balaban J connectivity index is 1.27. The number of carbonyl (C=O) groups is 1. The summed E-state index contributed by atoms with van der Waals surface area (Å²) in [6.07, 6.45) is 2.65. The molecule has 2 aliphatic rings. The van der Waals surface area contributed by atoms with Gasteiger partial charge in [-0.1, -0.05) is 17.3 Å². The quantitative estimate of drug-likeness (QED) is 0.580. The Morgan fingerprint density at radius 3 is 2.64 bits per heavy atom. The van der Waals surface area contributed by atoms with Crippen LogP contribution in [-0.4, -0.2) is 51.8 Å². The zero-order valence-corrected chi connectivity index (χ0v) is 19.1. The van der Waals surface area contributed by atoms with Crippen LogP contribution < -0.4 is 0 Å². The largest absolute Gasteiger partial charge is 0.381 e. The number of hydrogen-bond donors (Lipinski definition) is 0. The number of rotatable bonds is 5. The van der Waals surface area contributed by atoms with Crippen molar-refractivity contribution >= 4 is 5.91 Å². The molecule has 7 nitrogen and oxygen atoms in total. The highest BCUT2D eigenvalue weighted by atomic mass is 19.1. The van der Waals surface area contributed by atoms with Crippen LogP contribution in [0.15, 0.2) is 34.9 Å². The molecule has 33 heavy (non-hydrogen) atoms. The minimum atomic E-state index is -0.250. The summed E-state index contributed by atoms with van der Waals surface area (Å²) in [5.74, 6) is 1.54. The maximum atomic E-state index is 13.3. The molecule has 3 aromatic rings. The van der Waals surface area contributed by atoms with Crippen molar-refractivity contribution < 1.29 is 18.4 Å². The Kier molecular flexibility index (Phi) is 6.01. The Hall–Kier alpha value is -3.00. The normalized spacial score (nSPS) is 19.4. The minimum Gasteiger partial charge on any atom is -0.381 e. The third-order valence-electron chi connectivity index (χ3n) is 6.93. The summed E-state index contributed by atoms with van der Waals surface area (Å²) < 4.78 is 26.4. The van der Waals surface area contributed by atoms with Gasteiger partial charge in [-0.05, 0) is 56.9 Å². The number of aryl methyl sites for hydroxylation is 1. The van der Waals surface area contributed by atoms with Crippen LogP contribution in [0.4, 0.5) is 4.39 Å². The van der Waals surface area contributed by atoms with Gasteiger partial charge in [-0.15, -0.1) is 0 Å². The topological polar surface area (TPSA) is 73.4 Å². The summed E-state index contributed by atoms with van der Waals surface area (Å²) in [7, 11) is 0. The molecular weight excluding hydrogens is 423 g/mol. The average Bonchev–Trinajstić information content (AvgIpc) is 3.56. The molecule has 0 spiro atoms. The molecule has 1 unspecified atom stereocenters. The average molecular weight is 453 g/mol. The van der Waals surface area contributed by atoms with Gasteiger partial charge in [-0.2, -0.15) is 4.98 Å². The molecule has 174 valence electrons. The predicted octanol–water partition coefficient (Wildman–Crippen LogP) is 4.20. The second-order valence-electron chi connectivity index (χ2n) is 9.11. The smallest absolute Gasteiger partial charge is 0.255 e. The molecule has 2 aliphatic heterocycles. The van der Waals surface area contributed by atoms with Gasteiger partial charge in [0.05, 0.1) is 11.5 Å². The molecule has 0 aliphatic carbocycles. The van der Waals surface area contributed by atoms with Gasteiger partial charge in [0.1, 0.15) is 5.82 Å². The van der Waals surface area contributed by atoms with Crippen LogP contribution in [0.2, 0.25) is 0 Å². The van der Waals surface area contributed by atoms with Crippen LogP contribution >= 0.6 is 0 Å². The van der Waals surface area contributed by atoms with Crippen LogP contribution in [-0.2, 0) is 11.3 Å². The van der Waals surface area contributed by atoms with Gasteiger partial charge in [0.15, 0.2) is 5.82 Å². The number of benzene rings is 1. The van der Waals surface area contributed by atoms with E-state index in [1.54, 1.807) is 12.1 Å². The summed E-state index contributed by atoms with van der Waals surface area (Å²) >= 11 is 0. The van der Waals surface area contributed by atoms with Crippen LogP contribution in [0.25, 0.3) is 0 Å². The number of ether oxygens (including phenoxy) is 1. The van der Waals surface area contributed by atoms with E-state index in [1.165, 1.54) is 12.1 Å². The molecule has 0 radical (unpaired) electrons. The van der Waals surface area contributed by atoms with E-state index in [2.05, 4.69) is 14.7 Å². The molecule has 0 bridgehead atoms. The highest BCUT2D eigenvalue weighted by Crippen LogP contribution is 2.31. The molecule has 0 N–H and O–H groups in total. The first-order chi connectivity index (χ1) is 16.0. The molecule has 5 rings (SSSR count). The molecular formula is C25H29FN4O3. The maximum Gasteiger partial charge on any atom is 0.255 e. The van der Waals surface area contributed by atoms with E-state index in [9.17, 15) is 9.18 Å². The lowest BCUT2D eigenvalue weighted by Gasteiger charge is -2.18. The van der Waals surface area contributed by atoms with E-state index in [4.69, 9.17) is 9.26 Å². The van der Waals surface area contributed by atoms with E-state index >= 15 is 0 Å². The Morgan fingerprint density at radius 1 is 1.12 bits per heavy atom. The van der Waals surface area contributed by atoms with Crippen LogP contribution in [0, 0.1) is 19.7 Å². The molecule has 1 amide bonds. The second kappa shape index (κ2) is 9.09. The van der Waals surface area contributed by atoms with Gasteiger partial charge < -0.3 is 18.7 Å².